The molecule has 0 fully saturated rings. The molecular formula is C10H16O. The van der Waals surface area contributed by atoms with Crippen LogP contribution < -0.4 is 0 Å². The number of rotatable bonds is 5. The van der Waals surface area contributed by atoms with Crippen LogP contribution in [0.5, 0.6) is 0 Å². The Balaban J connectivity index is 3.53. The molecule has 0 radical (unpaired) electrons. The minimum absolute atomic E-state index is 0.193. The number of hydrogen-bond acceptors (Lipinski definition) is 1. The first-order valence-electron chi connectivity index (χ1n) is 4.04. The molecule has 1 heteroatoms. The van der Waals surface area contributed by atoms with Gasteiger partial charge in [0.2, 0.25) is 0 Å². The molecule has 1 unspecified atom stereocenters. The predicted octanol–water partition coefficient (Wildman–Crippen LogP) is 1.97. The third kappa shape index (κ3) is 5.69. The molecule has 1 atom stereocenters. The minimum Gasteiger partial charge on any atom is -0.396 e. The average Bonchev–Trinajstić information content (AvgIpc) is 2.03. The van der Waals surface area contributed by atoms with Gasteiger partial charge in [0.25, 0.3) is 0 Å². The zero-order valence-electron chi connectivity index (χ0n) is 7.09. The molecule has 0 aromatic heterocycles. The normalized spacial score (nSPS) is 13.2. The highest BCUT2D eigenvalue weighted by Gasteiger charge is 2.01. The molecule has 0 aliphatic rings. The van der Waals surface area contributed by atoms with E-state index in [0.717, 1.165) is 12.8 Å². The van der Waals surface area contributed by atoms with Gasteiger partial charge in [-0.2, -0.15) is 0 Å². The molecule has 62 valence electrons. The lowest BCUT2D eigenvalue weighted by molar-refractivity contribution is 0.230. The standard InChI is InChI=1S/C10H16O/c1-3-5-6-8-10(9-11)7-4-2/h2,5-6,10-11H,3,7-9H2,1H3. The van der Waals surface area contributed by atoms with Crippen molar-refractivity contribution in [2.24, 2.45) is 5.92 Å². The highest BCUT2D eigenvalue weighted by Crippen LogP contribution is 2.07. The first kappa shape index (κ1) is 10.3. The molecule has 0 saturated heterocycles. The minimum atomic E-state index is 0.193. The lowest BCUT2D eigenvalue weighted by Crippen LogP contribution is -2.02. The van der Waals surface area contributed by atoms with Gasteiger partial charge in [-0.25, -0.2) is 0 Å². The van der Waals surface area contributed by atoms with Crippen LogP contribution in [0.3, 0.4) is 0 Å². The second-order valence-electron chi connectivity index (χ2n) is 2.57. The van der Waals surface area contributed by atoms with Crippen LogP contribution in [0.4, 0.5) is 0 Å². The summed E-state index contributed by atoms with van der Waals surface area (Å²) < 4.78 is 0. The maximum Gasteiger partial charge on any atom is 0.0471 e. The van der Waals surface area contributed by atoms with E-state index < -0.39 is 0 Å². The molecule has 0 aromatic carbocycles. The highest BCUT2D eigenvalue weighted by molar-refractivity contribution is 4.90. The maximum absolute atomic E-state index is 8.83. The van der Waals surface area contributed by atoms with Crippen molar-refractivity contribution in [1.29, 1.82) is 0 Å². The van der Waals surface area contributed by atoms with Gasteiger partial charge in [0, 0.05) is 13.0 Å². The van der Waals surface area contributed by atoms with Crippen molar-refractivity contribution >= 4 is 0 Å². The van der Waals surface area contributed by atoms with E-state index in [-0.39, 0.29) is 12.5 Å². The molecule has 0 aromatic rings. The molecule has 1 nitrogen and oxygen atoms in total. The van der Waals surface area contributed by atoms with Crippen LogP contribution in [-0.2, 0) is 0 Å². The van der Waals surface area contributed by atoms with Crippen LogP contribution in [0.25, 0.3) is 0 Å². The second-order valence-corrected chi connectivity index (χ2v) is 2.57. The van der Waals surface area contributed by atoms with E-state index in [1.54, 1.807) is 0 Å². The molecule has 0 aliphatic carbocycles. The Morgan fingerprint density at radius 2 is 2.27 bits per heavy atom. The van der Waals surface area contributed by atoms with Gasteiger partial charge in [-0.1, -0.05) is 19.1 Å². The van der Waals surface area contributed by atoms with Crippen LogP contribution in [0.1, 0.15) is 26.2 Å². The topological polar surface area (TPSA) is 20.2 Å². The molecule has 0 rings (SSSR count). The van der Waals surface area contributed by atoms with E-state index in [1.165, 1.54) is 0 Å². The van der Waals surface area contributed by atoms with E-state index >= 15 is 0 Å². The summed E-state index contributed by atoms with van der Waals surface area (Å²) in [5.41, 5.74) is 0. The van der Waals surface area contributed by atoms with Crippen molar-refractivity contribution in [2.75, 3.05) is 6.61 Å². The van der Waals surface area contributed by atoms with Crippen molar-refractivity contribution in [1.82, 2.24) is 0 Å². The van der Waals surface area contributed by atoms with Crippen LogP contribution in [0, 0.1) is 18.3 Å². The average molecular weight is 152 g/mol. The number of hydrogen-bond donors (Lipinski definition) is 1. The van der Waals surface area contributed by atoms with Gasteiger partial charge >= 0.3 is 0 Å². The largest absolute Gasteiger partial charge is 0.396 e. The number of aliphatic hydroxyl groups is 1. The van der Waals surface area contributed by atoms with E-state index in [9.17, 15) is 0 Å². The van der Waals surface area contributed by atoms with E-state index in [0.29, 0.717) is 6.42 Å². The summed E-state index contributed by atoms with van der Waals surface area (Å²) in [7, 11) is 0. The van der Waals surface area contributed by atoms with Crippen molar-refractivity contribution in [3.8, 4) is 12.3 Å². The molecule has 1 N–H and O–H groups in total. The Labute approximate surface area is 69.1 Å². The SMILES string of the molecule is C#CCC(CO)CC=CCC. The fourth-order valence-corrected chi connectivity index (χ4v) is 0.844. The van der Waals surface area contributed by atoms with Crippen LogP contribution in [0.15, 0.2) is 12.2 Å². The third-order valence-electron chi connectivity index (χ3n) is 1.54. The summed E-state index contributed by atoms with van der Waals surface area (Å²) in [5.74, 6) is 2.80. The molecule has 0 aliphatic heterocycles. The molecule has 0 bridgehead atoms. The Hall–Kier alpha value is -0.740. The quantitative estimate of drug-likeness (QED) is 0.471. The van der Waals surface area contributed by atoms with Crippen molar-refractivity contribution in [3.05, 3.63) is 12.2 Å². The van der Waals surface area contributed by atoms with Gasteiger partial charge in [0.05, 0.1) is 0 Å². The molecule has 0 saturated carbocycles. The highest BCUT2D eigenvalue weighted by atomic mass is 16.3. The van der Waals surface area contributed by atoms with Gasteiger partial charge in [0.1, 0.15) is 0 Å². The summed E-state index contributed by atoms with van der Waals surface area (Å²) in [6.45, 7) is 2.28. The third-order valence-corrected chi connectivity index (χ3v) is 1.54. The lowest BCUT2D eigenvalue weighted by atomic mass is 10.0. The van der Waals surface area contributed by atoms with Crippen LogP contribution in [-0.4, -0.2) is 11.7 Å². The fraction of sp³-hybridized carbons (Fsp3) is 0.600. The summed E-state index contributed by atoms with van der Waals surface area (Å²) in [6, 6.07) is 0. The van der Waals surface area contributed by atoms with E-state index in [4.69, 9.17) is 11.5 Å². The molecular weight excluding hydrogens is 136 g/mol. The predicted molar refractivity (Wildman–Crippen MR) is 48.1 cm³/mol. The van der Waals surface area contributed by atoms with Gasteiger partial charge in [-0.15, -0.1) is 12.3 Å². The molecule has 0 amide bonds. The smallest absolute Gasteiger partial charge is 0.0471 e. The Morgan fingerprint density at radius 1 is 1.55 bits per heavy atom. The zero-order valence-corrected chi connectivity index (χ0v) is 7.09. The van der Waals surface area contributed by atoms with E-state index in [2.05, 4.69) is 25.0 Å². The number of aliphatic hydroxyl groups excluding tert-OH is 1. The van der Waals surface area contributed by atoms with Gasteiger partial charge < -0.3 is 5.11 Å². The summed E-state index contributed by atoms with van der Waals surface area (Å²) >= 11 is 0. The van der Waals surface area contributed by atoms with Crippen molar-refractivity contribution in [3.63, 3.8) is 0 Å². The summed E-state index contributed by atoms with van der Waals surface area (Å²) in [4.78, 5) is 0. The number of terminal acetylenes is 1. The lowest BCUT2D eigenvalue weighted by Gasteiger charge is -2.05. The first-order chi connectivity index (χ1) is 5.35. The fourth-order valence-electron chi connectivity index (χ4n) is 0.844. The summed E-state index contributed by atoms with van der Waals surface area (Å²) in [5, 5.41) is 8.83. The van der Waals surface area contributed by atoms with Gasteiger partial charge in [-0.3, -0.25) is 0 Å². The Kier molecular flexibility index (Phi) is 6.87. The van der Waals surface area contributed by atoms with E-state index in [1.807, 2.05) is 0 Å². The Bertz CT molecular complexity index is 141. The van der Waals surface area contributed by atoms with Gasteiger partial charge in [0.15, 0.2) is 0 Å². The first-order valence-corrected chi connectivity index (χ1v) is 4.04. The summed E-state index contributed by atoms with van der Waals surface area (Å²) in [6.07, 6.45) is 11.9. The van der Waals surface area contributed by atoms with Crippen molar-refractivity contribution < 1.29 is 5.11 Å². The van der Waals surface area contributed by atoms with Gasteiger partial charge in [-0.05, 0) is 18.8 Å². The second kappa shape index (κ2) is 7.37. The molecule has 0 heterocycles. The van der Waals surface area contributed by atoms with Crippen molar-refractivity contribution in [2.45, 2.75) is 26.2 Å². The monoisotopic (exact) mass is 152 g/mol. The molecule has 11 heavy (non-hydrogen) atoms. The van der Waals surface area contributed by atoms with Crippen LogP contribution in [0.2, 0.25) is 0 Å². The number of allylic oxidation sites excluding steroid dienone is 2. The maximum atomic E-state index is 8.83. The zero-order chi connectivity index (χ0) is 8.53. The Morgan fingerprint density at radius 3 is 2.73 bits per heavy atom. The molecule has 0 spiro atoms. The van der Waals surface area contributed by atoms with Crippen LogP contribution >= 0.6 is 0 Å².